The van der Waals surface area contributed by atoms with Gasteiger partial charge in [-0.3, -0.25) is 9.69 Å². The smallest absolute Gasteiger partial charge is 0.411 e. The van der Waals surface area contributed by atoms with Crippen LogP contribution in [-0.2, 0) is 15.9 Å². The van der Waals surface area contributed by atoms with E-state index in [9.17, 15) is 14.0 Å². The van der Waals surface area contributed by atoms with Crippen molar-refractivity contribution in [3.8, 4) is 0 Å². The molecule has 2 aliphatic rings. The summed E-state index contributed by atoms with van der Waals surface area (Å²) in [4.78, 5) is 38.3. The van der Waals surface area contributed by atoms with Crippen LogP contribution in [0.3, 0.4) is 0 Å². The van der Waals surface area contributed by atoms with E-state index in [4.69, 9.17) is 9.47 Å². The zero-order valence-corrected chi connectivity index (χ0v) is 22.4. The van der Waals surface area contributed by atoms with Gasteiger partial charge in [0.25, 0.3) is 5.91 Å². The fraction of sp³-hybridized carbons (Fsp3) is 0.483. The lowest BCUT2D eigenvalue weighted by Gasteiger charge is -2.43. The molecule has 0 spiro atoms. The molecule has 0 bridgehead atoms. The highest BCUT2D eigenvalue weighted by Gasteiger charge is 2.42. The molecule has 5 rings (SSSR count). The number of hydrogen-bond donors (Lipinski definition) is 1. The Morgan fingerprint density at radius 1 is 1.16 bits per heavy atom. The van der Waals surface area contributed by atoms with Crippen LogP contribution in [0.5, 0.6) is 0 Å². The van der Waals surface area contributed by atoms with Crippen LogP contribution < -0.4 is 0 Å². The van der Waals surface area contributed by atoms with Crippen molar-refractivity contribution in [2.24, 2.45) is 0 Å². The molecule has 202 valence electrons. The number of H-pyrrole nitrogens is 1. The Labute approximate surface area is 222 Å². The van der Waals surface area contributed by atoms with Crippen LogP contribution >= 0.6 is 0 Å². The molecule has 1 N–H and O–H groups in total. The molecule has 2 aromatic carbocycles. The number of amides is 2. The van der Waals surface area contributed by atoms with Crippen molar-refractivity contribution in [3.63, 3.8) is 0 Å². The third-order valence-electron chi connectivity index (χ3n) is 7.28. The van der Waals surface area contributed by atoms with E-state index < -0.39 is 11.7 Å². The molecule has 0 radical (unpaired) electrons. The van der Waals surface area contributed by atoms with E-state index in [2.05, 4.69) is 9.97 Å². The average molecular weight is 523 g/mol. The van der Waals surface area contributed by atoms with Crippen LogP contribution in [0.1, 0.15) is 68.3 Å². The number of rotatable bonds is 5. The van der Waals surface area contributed by atoms with E-state index in [-0.39, 0.29) is 35.7 Å². The largest absolute Gasteiger partial charge is 0.444 e. The molecular formula is C29H35FN4O4. The fourth-order valence-corrected chi connectivity index (χ4v) is 5.66. The molecule has 2 amide bonds. The van der Waals surface area contributed by atoms with Gasteiger partial charge in [0.05, 0.1) is 42.4 Å². The Bertz CT molecular complexity index is 1300. The fourth-order valence-electron chi connectivity index (χ4n) is 5.66. The molecular weight excluding hydrogens is 487 g/mol. The number of likely N-dealkylation sites (N-methyl/N-ethyl adjacent to an activating group) is 1. The standard InChI is InChI=1S/C29H35FN4O4/c1-5-33(27(35)26-31-23-8-6-7-9-24(23)32-26)20-15-21(17-37-16-20)34(28(36)38-29(2,3)4)25-13-10-18-14-19(30)11-12-22(18)25/h6-9,11-12,14,20-21,25H,5,10,13,15-17H2,1-4H3,(H,31,32)/t20?,21-,25+/m0/s1. The minimum atomic E-state index is -0.679. The number of benzene rings is 2. The minimum Gasteiger partial charge on any atom is -0.444 e. The lowest BCUT2D eigenvalue weighted by Crippen LogP contribution is -2.55. The van der Waals surface area contributed by atoms with Gasteiger partial charge in [-0.15, -0.1) is 0 Å². The van der Waals surface area contributed by atoms with Crippen LogP contribution in [0.25, 0.3) is 11.0 Å². The SMILES string of the molecule is CCN(C(=O)c1nc2ccccc2[nH]1)C1COC[C@@H](N(C(=O)OC(C)(C)C)[C@@H]2CCc3cc(F)ccc32)C1. The highest BCUT2D eigenvalue weighted by molar-refractivity contribution is 5.94. The first-order valence-electron chi connectivity index (χ1n) is 13.3. The Morgan fingerprint density at radius 2 is 1.92 bits per heavy atom. The summed E-state index contributed by atoms with van der Waals surface area (Å²) in [6.45, 7) is 8.61. The number of fused-ring (bicyclic) bond motifs is 2. The summed E-state index contributed by atoms with van der Waals surface area (Å²) in [7, 11) is 0. The molecule has 1 aliphatic heterocycles. The van der Waals surface area contributed by atoms with Crippen LogP contribution in [0.2, 0.25) is 0 Å². The number of carbonyl (C=O) groups excluding carboxylic acids is 2. The molecule has 9 heteroatoms. The van der Waals surface area contributed by atoms with E-state index in [1.165, 1.54) is 6.07 Å². The van der Waals surface area contributed by atoms with E-state index in [1.54, 1.807) is 21.9 Å². The molecule has 1 aromatic heterocycles. The zero-order chi connectivity index (χ0) is 27.0. The number of hydrogen-bond acceptors (Lipinski definition) is 5. The van der Waals surface area contributed by atoms with Crippen molar-refractivity contribution >= 4 is 23.0 Å². The summed E-state index contributed by atoms with van der Waals surface area (Å²) in [6.07, 6.45) is 1.46. The first kappa shape index (κ1) is 26.2. The third-order valence-corrected chi connectivity index (χ3v) is 7.28. The van der Waals surface area contributed by atoms with Crippen LogP contribution in [0.15, 0.2) is 42.5 Å². The molecule has 2 heterocycles. The first-order valence-corrected chi connectivity index (χ1v) is 13.3. The van der Waals surface area contributed by atoms with Gasteiger partial charge in [0, 0.05) is 6.54 Å². The van der Waals surface area contributed by atoms with Gasteiger partial charge in [0.15, 0.2) is 5.82 Å². The number of para-hydroxylation sites is 2. The lowest BCUT2D eigenvalue weighted by atomic mass is 9.98. The predicted molar refractivity (Wildman–Crippen MR) is 141 cm³/mol. The number of imidazole rings is 1. The van der Waals surface area contributed by atoms with Crippen molar-refractivity contribution in [1.82, 2.24) is 19.8 Å². The molecule has 38 heavy (non-hydrogen) atoms. The Morgan fingerprint density at radius 3 is 2.66 bits per heavy atom. The number of carbonyl (C=O) groups is 2. The maximum atomic E-state index is 13.9. The first-order chi connectivity index (χ1) is 18.1. The Balaban J connectivity index is 1.41. The van der Waals surface area contributed by atoms with Gasteiger partial charge in [-0.25, -0.2) is 14.2 Å². The van der Waals surface area contributed by atoms with E-state index >= 15 is 0 Å². The number of ether oxygens (including phenoxy) is 2. The molecule has 3 aromatic rings. The van der Waals surface area contributed by atoms with Gasteiger partial charge in [-0.2, -0.15) is 0 Å². The molecule has 1 unspecified atom stereocenters. The average Bonchev–Trinajstić information content (AvgIpc) is 3.48. The van der Waals surface area contributed by atoms with Gasteiger partial charge < -0.3 is 19.4 Å². The second-order valence-corrected chi connectivity index (χ2v) is 11.1. The maximum Gasteiger partial charge on any atom is 0.411 e. The number of aromatic nitrogens is 2. The van der Waals surface area contributed by atoms with Crippen molar-refractivity contribution < 1.29 is 23.5 Å². The quantitative estimate of drug-likeness (QED) is 0.495. The lowest BCUT2D eigenvalue weighted by molar-refractivity contribution is -0.0504. The summed E-state index contributed by atoms with van der Waals surface area (Å²) in [5.74, 6) is -0.202. The molecule has 1 saturated heterocycles. The Kier molecular flexibility index (Phi) is 7.13. The van der Waals surface area contributed by atoms with Gasteiger partial charge in [-0.1, -0.05) is 18.2 Å². The number of nitrogens with one attached hydrogen (secondary N) is 1. The molecule has 1 aliphatic carbocycles. The number of nitrogens with zero attached hydrogens (tertiary/aromatic N) is 3. The molecule has 1 fully saturated rings. The molecule has 3 atom stereocenters. The predicted octanol–water partition coefficient (Wildman–Crippen LogP) is 5.25. The van der Waals surface area contributed by atoms with Crippen molar-refractivity contribution in [1.29, 1.82) is 0 Å². The molecule has 8 nitrogen and oxygen atoms in total. The minimum absolute atomic E-state index is 0.205. The van der Waals surface area contributed by atoms with Crippen molar-refractivity contribution in [3.05, 3.63) is 65.2 Å². The van der Waals surface area contributed by atoms with Crippen molar-refractivity contribution in [2.75, 3.05) is 19.8 Å². The van der Waals surface area contributed by atoms with Gasteiger partial charge in [0.2, 0.25) is 0 Å². The van der Waals surface area contributed by atoms with Crippen molar-refractivity contribution in [2.45, 2.75) is 70.7 Å². The number of aryl methyl sites for hydroxylation is 1. The normalized spacial score (nSPS) is 21.2. The zero-order valence-electron chi connectivity index (χ0n) is 22.4. The summed E-state index contributed by atoms with van der Waals surface area (Å²) in [5.41, 5.74) is 2.70. The van der Waals surface area contributed by atoms with Gasteiger partial charge in [0.1, 0.15) is 11.4 Å². The van der Waals surface area contributed by atoms with E-state index in [1.807, 2.05) is 52.0 Å². The highest BCUT2D eigenvalue weighted by atomic mass is 19.1. The Hall–Kier alpha value is -3.46. The van der Waals surface area contributed by atoms with Gasteiger partial charge >= 0.3 is 6.09 Å². The van der Waals surface area contributed by atoms with E-state index in [0.717, 1.165) is 22.2 Å². The third kappa shape index (κ3) is 5.25. The summed E-state index contributed by atoms with van der Waals surface area (Å²) < 4.78 is 25.8. The van der Waals surface area contributed by atoms with Crippen LogP contribution in [0, 0.1) is 5.82 Å². The number of halogens is 1. The topological polar surface area (TPSA) is 87.8 Å². The second-order valence-electron chi connectivity index (χ2n) is 11.1. The highest BCUT2D eigenvalue weighted by Crippen LogP contribution is 2.39. The number of aromatic amines is 1. The van der Waals surface area contributed by atoms with Gasteiger partial charge in [-0.05, 0) is 82.3 Å². The summed E-state index contributed by atoms with van der Waals surface area (Å²) in [6, 6.07) is 11.5. The molecule has 0 saturated carbocycles. The van der Waals surface area contributed by atoms with Crippen LogP contribution in [-0.4, -0.2) is 69.2 Å². The second kappa shape index (κ2) is 10.4. The van der Waals surface area contributed by atoms with E-state index in [0.29, 0.717) is 39.0 Å². The summed E-state index contributed by atoms with van der Waals surface area (Å²) in [5, 5.41) is 0. The maximum absolute atomic E-state index is 13.9. The monoisotopic (exact) mass is 522 g/mol. The summed E-state index contributed by atoms with van der Waals surface area (Å²) >= 11 is 0. The van der Waals surface area contributed by atoms with Crippen LogP contribution in [0.4, 0.5) is 9.18 Å².